The molecule has 0 aromatic heterocycles. The summed E-state index contributed by atoms with van der Waals surface area (Å²) in [6, 6.07) is 3.02. The van der Waals surface area contributed by atoms with E-state index < -0.39 is 35.6 Å². The molecule has 0 bridgehead atoms. The Kier molecular flexibility index (Phi) is 9.54. The van der Waals surface area contributed by atoms with E-state index in [1.54, 1.807) is 6.92 Å². The number of amidine groups is 1. The second-order valence-electron chi connectivity index (χ2n) is 6.92. The molecule has 10 heteroatoms. The average Bonchev–Trinajstić information content (AvgIpc) is 2.76. The molecular weight excluding hydrogens is 410 g/mol. The number of hydrogen-bond acceptors (Lipinski definition) is 7. The average molecular weight is 438 g/mol. The van der Waals surface area contributed by atoms with Crippen LogP contribution >= 0.6 is 0 Å². The highest BCUT2D eigenvalue weighted by Crippen LogP contribution is 2.14. The predicted octanol–water partition coefficient (Wildman–Crippen LogP) is 1.39. The van der Waals surface area contributed by atoms with Gasteiger partial charge in [-0.2, -0.15) is 0 Å². The number of carbonyl (C=O) groups excluding carboxylic acids is 2. The molecule has 1 aliphatic heterocycles. The lowest BCUT2D eigenvalue weighted by molar-refractivity contribution is -0.137. The van der Waals surface area contributed by atoms with Crippen LogP contribution in [0.25, 0.3) is 0 Å². The van der Waals surface area contributed by atoms with Crippen molar-refractivity contribution in [2.75, 3.05) is 46.0 Å². The first-order chi connectivity index (χ1) is 14.8. The topological polar surface area (TPSA) is 120 Å². The second-order valence-corrected chi connectivity index (χ2v) is 6.92. The van der Waals surface area contributed by atoms with Crippen LogP contribution in [0.4, 0.5) is 8.78 Å². The van der Waals surface area contributed by atoms with Crippen molar-refractivity contribution in [3.63, 3.8) is 0 Å². The van der Waals surface area contributed by atoms with Crippen LogP contribution in [0.15, 0.2) is 34.5 Å². The number of aliphatic imine (C=N–C) groups is 1. The standard InChI is InChI=1S/C21H28F2N4O4/c1-2-16(24)19(20(25)26-7-4-8-27-9-11-30-12-10-27)21(29)31-13-17(28)18-14(22)5-3-6-15(18)23/h3,5-6H,2,4,7-13,24H2,1H3,(H2,25,26)/b19-16+. The van der Waals surface area contributed by atoms with Crippen LogP contribution in [-0.4, -0.2) is 68.5 Å². The Hall–Kier alpha value is -2.85. The van der Waals surface area contributed by atoms with E-state index in [1.165, 1.54) is 0 Å². The number of benzene rings is 1. The first kappa shape index (κ1) is 24.4. The third kappa shape index (κ3) is 7.11. The number of nitrogens with two attached hydrogens (primary N) is 2. The van der Waals surface area contributed by atoms with Crippen molar-refractivity contribution in [3.05, 3.63) is 46.7 Å². The van der Waals surface area contributed by atoms with Crippen LogP contribution in [0.3, 0.4) is 0 Å². The fourth-order valence-corrected chi connectivity index (χ4v) is 3.01. The Morgan fingerprint density at radius 1 is 1.19 bits per heavy atom. The summed E-state index contributed by atoms with van der Waals surface area (Å²) in [5.41, 5.74) is 11.1. The zero-order chi connectivity index (χ0) is 22.8. The Bertz CT molecular complexity index is 832. The number of carbonyl (C=O) groups is 2. The number of halogens is 2. The number of rotatable bonds is 10. The number of hydrogen-bond donors (Lipinski definition) is 2. The molecule has 0 atom stereocenters. The lowest BCUT2D eigenvalue weighted by Gasteiger charge is -2.26. The molecule has 2 rings (SSSR count). The smallest absolute Gasteiger partial charge is 0.344 e. The van der Waals surface area contributed by atoms with Crippen LogP contribution in [-0.2, 0) is 14.3 Å². The van der Waals surface area contributed by atoms with Crippen molar-refractivity contribution in [1.82, 2.24) is 4.90 Å². The van der Waals surface area contributed by atoms with E-state index in [0.29, 0.717) is 26.2 Å². The normalized spacial score (nSPS) is 16.0. The van der Waals surface area contributed by atoms with Crippen molar-refractivity contribution in [3.8, 4) is 0 Å². The fraction of sp³-hybridized carbons (Fsp3) is 0.476. The van der Waals surface area contributed by atoms with Crippen LogP contribution in [0.1, 0.15) is 30.1 Å². The quantitative estimate of drug-likeness (QED) is 0.141. The van der Waals surface area contributed by atoms with Gasteiger partial charge in [-0.15, -0.1) is 0 Å². The minimum absolute atomic E-state index is 0.101. The van der Waals surface area contributed by atoms with Gasteiger partial charge in [0.15, 0.2) is 6.61 Å². The maximum Gasteiger partial charge on any atom is 0.344 e. The van der Waals surface area contributed by atoms with Crippen LogP contribution < -0.4 is 11.5 Å². The van der Waals surface area contributed by atoms with E-state index in [0.717, 1.165) is 44.3 Å². The van der Waals surface area contributed by atoms with E-state index in [2.05, 4.69) is 9.89 Å². The first-order valence-electron chi connectivity index (χ1n) is 10.1. The third-order valence-corrected chi connectivity index (χ3v) is 4.76. The highest BCUT2D eigenvalue weighted by molar-refractivity contribution is 6.19. The van der Waals surface area contributed by atoms with E-state index in [9.17, 15) is 18.4 Å². The zero-order valence-electron chi connectivity index (χ0n) is 17.5. The molecule has 0 saturated carbocycles. The van der Waals surface area contributed by atoms with Crippen molar-refractivity contribution in [2.45, 2.75) is 19.8 Å². The largest absolute Gasteiger partial charge is 0.454 e. The first-order valence-corrected chi connectivity index (χ1v) is 10.1. The summed E-state index contributed by atoms with van der Waals surface area (Å²) in [6.07, 6.45) is 1.02. The zero-order valence-corrected chi connectivity index (χ0v) is 17.5. The summed E-state index contributed by atoms with van der Waals surface area (Å²) in [6.45, 7) is 5.16. The molecule has 0 radical (unpaired) electrons. The second kappa shape index (κ2) is 12.1. The van der Waals surface area contributed by atoms with Gasteiger partial charge < -0.3 is 20.9 Å². The van der Waals surface area contributed by atoms with Crippen LogP contribution in [0, 0.1) is 11.6 Å². The summed E-state index contributed by atoms with van der Waals surface area (Å²) in [5.74, 6) is -4.16. The summed E-state index contributed by atoms with van der Waals surface area (Å²) < 4.78 is 37.7. The molecule has 0 spiro atoms. The van der Waals surface area contributed by atoms with E-state index in [4.69, 9.17) is 20.9 Å². The minimum Gasteiger partial charge on any atom is -0.454 e. The van der Waals surface area contributed by atoms with E-state index in [1.807, 2.05) is 0 Å². The Morgan fingerprint density at radius 3 is 2.45 bits per heavy atom. The van der Waals surface area contributed by atoms with Crippen LogP contribution in [0.5, 0.6) is 0 Å². The van der Waals surface area contributed by atoms with Crippen molar-refractivity contribution in [1.29, 1.82) is 0 Å². The van der Waals surface area contributed by atoms with Gasteiger partial charge in [-0.05, 0) is 25.0 Å². The van der Waals surface area contributed by atoms with Crippen molar-refractivity contribution < 1.29 is 27.8 Å². The summed E-state index contributed by atoms with van der Waals surface area (Å²) >= 11 is 0. The SMILES string of the molecule is CC/C(N)=C(\C(=O)OCC(=O)c1c(F)cccc1F)C(N)=NCCCN1CCOCC1. The Balaban J connectivity index is 1.97. The third-order valence-electron chi connectivity index (χ3n) is 4.76. The van der Waals surface area contributed by atoms with Gasteiger partial charge in [0.2, 0.25) is 5.78 Å². The molecular formula is C21H28F2N4O4. The van der Waals surface area contributed by atoms with Gasteiger partial charge in [0.1, 0.15) is 23.0 Å². The van der Waals surface area contributed by atoms with Gasteiger partial charge in [-0.1, -0.05) is 13.0 Å². The number of allylic oxidation sites excluding steroid dienone is 1. The molecule has 31 heavy (non-hydrogen) atoms. The minimum atomic E-state index is -1.04. The molecule has 1 fully saturated rings. The highest BCUT2D eigenvalue weighted by Gasteiger charge is 2.23. The molecule has 170 valence electrons. The van der Waals surface area contributed by atoms with Crippen LogP contribution in [0.2, 0.25) is 0 Å². The van der Waals surface area contributed by atoms with E-state index >= 15 is 0 Å². The number of ether oxygens (including phenoxy) is 2. The lowest BCUT2D eigenvalue weighted by Crippen LogP contribution is -2.37. The van der Waals surface area contributed by atoms with Crippen molar-refractivity contribution in [2.24, 2.45) is 16.5 Å². The maximum absolute atomic E-state index is 13.7. The molecule has 8 nitrogen and oxygen atoms in total. The van der Waals surface area contributed by atoms with Gasteiger partial charge in [0.05, 0.1) is 18.8 Å². The van der Waals surface area contributed by atoms with Gasteiger partial charge in [-0.25, -0.2) is 13.6 Å². The lowest BCUT2D eigenvalue weighted by atomic mass is 10.1. The van der Waals surface area contributed by atoms with Gasteiger partial charge >= 0.3 is 5.97 Å². The monoisotopic (exact) mass is 438 g/mol. The van der Waals surface area contributed by atoms with E-state index in [-0.39, 0.29) is 17.1 Å². The molecule has 0 aliphatic carbocycles. The number of esters is 1. The fourth-order valence-electron chi connectivity index (χ4n) is 3.01. The molecule has 1 heterocycles. The van der Waals surface area contributed by atoms with Gasteiger partial charge in [-0.3, -0.25) is 14.7 Å². The predicted molar refractivity (Wildman–Crippen MR) is 112 cm³/mol. The molecule has 1 aromatic carbocycles. The Morgan fingerprint density at radius 2 is 1.84 bits per heavy atom. The van der Waals surface area contributed by atoms with Crippen molar-refractivity contribution >= 4 is 17.6 Å². The summed E-state index contributed by atoms with van der Waals surface area (Å²) in [4.78, 5) is 31.0. The molecule has 4 N–H and O–H groups in total. The number of morpholine rings is 1. The maximum atomic E-state index is 13.7. The Labute approximate surface area is 179 Å². The highest BCUT2D eigenvalue weighted by atomic mass is 19.1. The molecule has 0 unspecified atom stereocenters. The van der Waals surface area contributed by atoms with Gasteiger partial charge in [0, 0.05) is 31.9 Å². The van der Waals surface area contributed by atoms with Gasteiger partial charge in [0.25, 0.3) is 0 Å². The number of nitrogens with zero attached hydrogens (tertiary/aromatic N) is 2. The number of ketones is 1. The molecule has 1 saturated heterocycles. The molecule has 1 aliphatic rings. The summed E-state index contributed by atoms with van der Waals surface area (Å²) in [5, 5.41) is 0. The molecule has 1 aromatic rings. The number of Topliss-reactive ketones (excluding diaryl/α,β-unsaturated/α-hetero) is 1. The molecule has 0 amide bonds. The summed E-state index contributed by atoms with van der Waals surface area (Å²) in [7, 11) is 0.